The number of urea groups is 1. The van der Waals surface area contributed by atoms with E-state index >= 15 is 0 Å². The van der Waals surface area contributed by atoms with Crippen molar-refractivity contribution in [3.8, 4) is 0 Å². The average molecular weight is 332 g/mol. The average Bonchev–Trinajstić information content (AvgIpc) is 2.99. The molecule has 0 bridgehead atoms. The molecule has 0 spiro atoms. The highest BCUT2D eigenvalue weighted by Gasteiger charge is 2.11. The summed E-state index contributed by atoms with van der Waals surface area (Å²) in [4.78, 5) is 24.4. The van der Waals surface area contributed by atoms with Gasteiger partial charge in [-0.15, -0.1) is 0 Å². The number of esters is 1. The number of unbranched alkanes of at least 4 members (excludes halogenated alkanes) is 1. The maximum atomic E-state index is 11.8. The fraction of sp³-hybridized carbons (Fsp3) is 0.714. The van der Waals surface area contributed by atoms with Crippen molar-refractivity contribution in [1.82, 2.24) is 10.2 Å². The van der Waals surface area contributed by atoms with Crippen LogP contribution < -0.4 is 5.32 Å². The van der Waals surface area contributed by atoms with Crippen LogP contribution in [0.15, 0.2) is 11.5 Å². The standard InChI is InChI=1S/C14H24N2O3S2/c1-16(10-5-7-13(17)19-2)14(18)15-9-4-3-6-12-8-11-20-21-12/h8,11-12H,3-7,9-10H2,1-2H3,(H,15,18). The molecule has 0 saturated heterocycles. The number of carbonyl (C=O) groups excluding carboxylic acids is 2. The van der Waals surface area contributed by atoms with Gasteiger partial charge in [-0.05, 0) is 24.7 Å². The highest BCUT2D eigenvalue weighted by atomic mass is 33.1. The van der Waals surface area contributed by atoms with Crippen molar-refractivity contribution in [2.45, 2.75) is 37.4 Å². The molecule has 0 aromatic heterocycles. The van der Waals surface area contributed by atoms with E-state index in [1.807, 2.05) is 10.8 Å². The van der Waals surface area contributed by atoms with Crippen molar-refractivity contribution in [3.05, 3.63) is 11.5 Å². The molecule has 1 unspecified atom stereocenters. The predicted octanol–water partition coefficient (Wildman–Crippen LogP) is 3.03. The molecule has 1 heterocycles. The van der Waals surface area contributed by atoms with E-state index < -0.39 is 0 Å². The molecule has 0 saturated carbocycles. The van der Waals surface area contributed by atoms with Gasteiger partial charge in [0.2, 0.25) is 0 Å². The predicted molar refractivity (Wildman–Crippen MR) is 89.2 cm³/mol. The van der Waals surface area contributed by atoms with Crippen LogP contribution in [0.3, 0.4) is 0 Å². The highest BCUT2D eigenvalue weighted by Crippen LogP contribution is 2.37. The second-order valence-corrected chi connectivity index (χ2v) is 7.31. The third-order valence-electron chi connectivity index (χ3n) is 3.17. The Bertz CT molecular complexity index is 364. The van der Waals surface area contributed by atoms with Crippen LogP contribution in [0, 0.1) is 0 Å². The number of hydrogen-bond donors (Lipinski definition) is 1. The van der Waals surface area contributed by atoms with Crippen LogP contribution in [0.5, 0.6) is 0 Å². The van der Waals surface area contributed by atoms with E-state index in [9.17, 15) is 9.59 Å². The molecule has 2 amide bonds. The molecule has 0 radical (unpaired) electrons. The molecule has 0 aromatic rings. The number of hydrogen-bond acceptors (Lipinski definition) is 5. The molecule has 1 aliphatic rings. The summed E-state index contributed by atoms with van der Waals surface area (Å²) < 4.78 is 4.56. The molecular formula is C14H24N2O3S2. The van der Waals surface area contributed by atoms with Crippen LogP contribution in [-0.2, 0) is 9.53 Å². The van der Waals surface area contributed by atoms with Gasteiger partial charge in [0.25, 0.3) is 0 Å². The SMILES string of the molecule is COC(=O)CCCN(C)C(=O)NCCCCC1C=CSS1. The van der Waals surface area contributed by atoms with E-state index in [1.54, 1.807) is 22.7 Å². The van der Waals surface area contributed by atoms with Gasteiger partial charge in [0.15, 0.2) is 0 Å². The van der Waals surface area contributed by atoms with Crippen molar-refractivity contribution in [2.75, 3.05) is 27.2 Å². The number of amides is 2. The number of nitrogens with zero attached hydrogens (tertiary/aromatic N) is 1. The zero-order valence-corrected chi connectivity index (χ0v) is 14.3. The molecule has 0 fully saturated rings. The molecule has 0 aromatic carbocycles. The number of carbonyl (C=O) groups is 2. The lowest BCUT2D eigenvalue weighted by Gasteiger charge is -2.17. The van der Waals surface area contributed by atoms with Crippen LogP contribution in [0.25, 0.3) is 0 Å². The third kappa shape index (κ3) is 8.26. The number of ether oxygens (including phenoxy) is 1. The Kier molecular flexibility index (Phi) is 9.41. The number of rotatable bonds is 9. The van der Waals surface area contributed by atoms with Gasteiger partial charge < -0.3 is 15.0 Å². The van der Waals surface area contributed by atoms with E-state index in [2.05, 4.69) is 21.5 Å². The topological polar surface area (TPSA) is 58.6 Å². The first-order chi connectivity index (χ1) is 10.1. The largest absolute Gasteiger partial charge is 0.469 e. The van der Waals surface area contributed by atoms with Crippen LogP contribution in [0.4, 0.5) is 4.79 Å². The molecule has 21 heavy (non-hydrogen) atoms. The van der Waals surface area contributed by atoms with Gasteiger partial charge in [-0.2, -0.15) is 0 Å². The maximum absolute atomic E-state index is 11.8. The van der Waals surface area contributed by atoms with E-state index in [0.29, 0.717) is 31.2 Å². The monoisotopic (exact) mass is 332 g/mol. The Labute approximate surface area is 134 Å². The van der Waals surface area contributed by atoms with Gasteiger partial charge in [0.05, 0.1) is 7.11 Å². The van der Waals surface area contributed by atoms with Gasteiger partial charge >= 0.3 is 12.0 Å². The first-order valence-corrected chi connectivity index (χ1v) is 9.45. The summed E-state index contributed by atoms with van der Waals surface area (Å²) in [6.07, 6.45) is 6.49. The molecule has 120 valence electrons. The van der Waals surface area contributed by atoms with E-state index in [-0.39, 0.29) is 12.0 Å². The second kappa shape index (κ2) is 10.8. The first-order valence-electron chi connectivity index (χ1n) is 7.18. The molecule has 5 nitrogen and oxygen atoms in total. The van der Waals surface area contributed by atoms with Crippen LogP contribution >= 0.6 is 21.6 Å². The van der Waals surface area contributed by atoms with Crippen molar-refractivity contribution in [2.24, 2.45) is 0 Å². The van der Waals surface area contributed by atoms with Crippen LogP contribution in [-0.4, -0.2) is 49.4 Å². The van der Waals surface area contributed by atoms with Gasteiger partial charge in [0.1, 0.15) is 0 Å². The smallest absolute Gasteiger partial charge is 0.317 e. The zero-order chi connectivity index (χ0) is 15.5. The second-order valence-electron chi connectivity index (χ2n) is 4.89. The lowest BCUT2D eigenvalue weighted by molar-refractivity contribution is -0.140. The van der Waals surface area contributed by atoms with Crippen molar-refractivity contribution in [3.63, 3.8) is 0 Å². The van der Waals surface area contributed by atoms with Crippen molar-refractivity contribution >= 4 is 33.6 Å². The van der Waals surface area contributed by atoms with Gasteiger partial charge in [-0.25, -0.2) is 4.79 Å². The molecule has 7 heteroatoms. The first kappa shape index (κ1) is 18.2. The Morgan fingerprint density at radius 3 is 2.81 bits per heavy atom. The van der Waals surface area contributed by atoms with Crippen LogP contribution in [0.2, 0.25) is 0 Å². The fourth-order valence-electron chi connectivity index (χ4n) is 1.86. The maximum Gasteiger partial charge on any atom is 0.317 e. The Hall–Kier alpha value is -0.820. The Morgan fingerprint density at radius 2 is 2.14 bits per heavy atom. The normalized spacial score (nSPS) is 16.8. The van der Waals surface area contributed by atoms with E-state index in [4.69, 9.17) is 0 Å². The molecular weight excluding hydrogens is 308 g/mol. The lowest BCUT2D eigenvalue weighted by atomic mass is 10.2. The Morgan fingerprint density at radius 1 is 1.33 bits per heavy atom. The van der Waals surface area contributed by atoms with Crippen molar-refractivity contribution in [1.29, 1.82) is 0 Å². The van der Waals surface area contributed by atoms with Crippen molar-refractivity contribution < 1.29 is 14.3 Å². The minimum Gasteiger partial charge on any atom is -0.469 e. The summed E-state index contributed by atoms with van der Waals surface area (Å²) in [6, 6.07) is -0.0782. The van der Waals surface area contributed by atoms with Gasteiger partial charge in [-0.3, -0.25) is 4.79 Å². The third-order valence-corrected chi connectivity index (χ3v) is 5.60. The zero-order valence-electron chi connectivity index (χ0n) is 12.7. The number of nitrogens with one attached hydrogen (secondary N) is 1. The minimum absolute atomic E-state index is 0.0782. The van der Waals surface area contributed by atoms with Gasteiger partial charge in [-0.1, -0.05) is 34.1 Å². The Balaban J connectivity index is 1.98. The molecule has 0 aliphatic carbocycles. The minimum atomic E-state index is -0.235. The molecule has 1 aliphatic heterocycles. The summed E-state index contributed by atoms with van der Waals surface area (Å²) in [5.41, 5.74) is 0. The summed E-state index contributed by atoms with van der Waals surface area (Å²) in [7, 11) is 6.80. The highest BCUT2D eigenvalue weighted by molar-refractivity contribution is 8.78. The van der Waals surface area contributed by atoms with E-state index in [0.717, 1.165) is 12.8 Å². The van der Waals surface area contributed by atoms with Gasteiger partial charge in [0, 0.05) is 31.8 Å². The molecule has 1 rings (SSSR count). The fourth-order valence-corrected chi connectivity index (χ4v) is 4.12. The molecule has 1 N–H and O–H groups in total. The quantitative estimate of drug-likeness (QED) is 0.399. The summed E-state index contributed by atoms with van der Waals surface area (Å²) in [5, 5.41) is 5.67. The summed E-state index contributed by atoms with van der Waals surface area (Å²) >= 11 is 0. The molecule has 1 atom stereocenters. The summed E-state index contributed by atoms with van der Waals surface area (Å²) in [5.74, 6) is -0.235. The van der Waals surface area contributed by atoms with E-state index in [1.165, 1.54) is 13.5 Å². The summed E-state index contributed by atoms with van der Waals surface area (Å²) in [6.45, 7) is 1.26. The van der Waals surface area contributed by atoms with Crippen LogP contribution in [0.1, 0.15) is 32.1 Å². The number of methoxy groups -OCH3 is 1. The lowest BCUT2D eigenvalue weighted by Crippen LogP contribution is -2.38.